The normalized spacial score (nSPS) is 8.67. The third-order valence-corrected chi connectivity index (χ3v) is 1.19. The van der Waals surface area contributed by atoms with Gasteiger partial charge in [0.1, 0.15) is 5.75 Å². The minimum absolute atomic E-state index is 0. The zero-order valence-corrected chi connectivity index (χ0v) is 6.44. The maximum absolute atomic E-state index is 10.7. The highest BCUT2D eigenvalue weighted by Gasteiger charge is 2.03. The Bertz CT molecular complexity index is 297. The summed E-state index contributed by atoms with van der Waals surface area (Å²) in [4.78, 5) is 10.3. The molecule has 1 aromatic rings. The second-order valence-electron chi connectivity index (χ2n) is 1.99. The molecule has 5 nitrogen and oxygen atoms in total. The van der Waals surface area contributed by atoms with E-state index in [1.54, 1.807) is 0 Å². The van der Waals surface area contributed by atoms with Crippen molar-refractivity contribution in [1.29, 1.82) is 0 Å². The van der Waals surface area contributed by atoms with Crippen LogP contribution in [0.3, 0.4) is 0 Å². The first-order chi connectivity index (χ1) is 5.11. The first kappa shape index (κ1) is 10.2. The number of quaternary nitrogens is 1. The summed E-state index contributed by atoms with van der Waals surface area (Å²) < 4.78 is 0. The van der Waals surface area contributed by atoms with Crippen molar-refractivity contribution >= 4 is 5.97 Å². The van der Waals surface area contributed by atoms with Gasteiger partial charge in [0, 0.05) is 0 Å². The average Bonchev–Trinajstić information content (AvgIpc) is 1.94. The maximum atomic E-state index is 10.7. The number of benzene rings is 1. The Kier molecular flexibility index (Phi) is 3.06. The Balaban J connectivity index is 0.00000121. The molecule has 0 heterocycles. The van der Waals surface area contributed by atoms with E-state index >= 15 is 0 Å². The molecule has 66 valence electrons. The molecule has 0 bridgehead atoms. The summed E-state index contributed by atoms with van der Waals surface area (Å²) in [7, 11) is 0. The van der Waals surface area contributed by atoms with Crippen LogP contribution in [0.1, 0.15) is 10.4 Å². The number of hydrogen-bond donors (Lipinski definition) is 3. The number of hydrogen-bond acceptors (Lipinski definition) is 3. The second kappa shape index (κ2) is 3.59. The highest BCUT2D eigenvalue weighted by Crippen LogP contribution is 2.19. The van der Waals surface area contributed by atoms with E-state index in [2.05, 4.69) is 0 Å². The van der Waals surface area contributed by atoms with Crippen LogP contribution in [0.25, 0.3) is 0 Å². The fourth-order valence-corrected chi connectivity index (χ4v) is 0.685. The van der Waals surface area contributed by atoms with Gasteiger partial charge in [-0.3, -0.25) is 0 Å². The van der Waals surface area contributed by atoms with Crippen LogP contribution in [0.4, 0.5) is 0 Å². The molecule has 0 radical (unpaired) electrons. The van der Waals surface area contributed by atoms with Gasteiger partial charge in [-0.1, -0.05) is 11.8 Å². The molecule has 0 unspecified atom stereocenters. The number of carboxylic acids is 1. The summed E-state index contributed by atoms with van der Waals surface area (Å²) >= 11 is 0. The van der Waals surface area contributed by atoms with Gasteiger partial charge >= 0.3 is 5.97 Å². The van der Waals surface area contributed by atoms with Crippen molar-refractivity contribution in [3.63, 3.8) is 0 Å². The third-order valence-electron chi connectivity index (χ3n) is 1.19. The Labute approximate surface area is 68.5 Å². The zero-order valence-electron chi connectivity index (χ0n) is 6.44. The molecule has 0 aliphatic carbocycles. The van der Waals surface area contributed by atoms with E-state index in [0.717, 1.165) is 18.2 Å². The molecule has 0 saturated heterocycles. The molecule has 0 aliphatic rings. The van der Waals surface area contributed by atoms with E-state index in [0.29, 0.717) is 0 Å². The molecular formula is C7H9NO4. The van der Waals surface area contributed by atoms with Gasteiger partial charge in [-0.15, -0.1) is 0 Å². The van der Waals surface area contributed by atoms with Crippen LogP contribution in [0.5, 0.6) is 11.5 Å². The van der Waals surface area contributed by atoms with Gasteiger partial charge < -0.3 is 21.5 Å². The number of carbonyl (C=O) groups is 1. The van der Waals surface area contributed by atoms with Crippen molar-refractivity contribution in [2.24, 2.45) is 0 Å². The smallest absolute Gasteiger partial charge is 0.335 e. The number of carboxylic acid groups (broad SMARTS) is 1. The van der Waals surface area contributed by atoms with Gasteiger partial charge in [-0.25, -0.2) is 4.79 Å². The average molecular weight is 171 g/mol. The van der Waals surface area contributed by atoms with E-state index < -0.39 is 17.3 Å². The minimum Gasteiger partial charge on any atom is -0.872 e. The second-order valence-corrected chi connectivity index (χ2v) is 1.99. The lowest BCUT2D eigenvalue weighted by Crippen LogP contribution is -2.02. The molecule has 1 aromatic carbocycles. The number of phenols is 1. The van der Waals surface area contributed by atoms with Crippen molar-refractivity contribution in [1.82, 2.24) is 6.15 Å². The van der Waals surface area contributed by atoms with Crippen LogP contribution in [0, 0.1) is 0 Å². The summed E-state index contributed by atoms with van der Waals surface area (Å²) in [6, 6.07) is 3.08. The Morgan fingerprint density at radius 2 is 2.00 bits per heavy atom. The number of aromatic hydroxyl groups is 1. The summed E-state index contributed by atoms with van der Waals surface area (Å²) in [6.45, 7) is 0. The van der Waals surface area contributed by atoms with Crippen molar-refractivity contribution < 1.29 is 20.1 Å². The van der Waals surface area contributed by atoms with Crippen LogP contribution >= 0.6 is 0 Å². The number of rotatable bonds is 1. The first-order valence-corrected chi connectivity index (χ1v) is 2.84. The lowest BCUT2D eigenvalue weighted by molar-refractivity contribution is -0.268. The fraction of sp³-hybridized carbons (Fsp3) is 0. The molecule has 1 rings (SSSR count). The predicted molar refractivity (Wildman–Crippen MR) is 40.5 cm³/mol. The van der Waals surface area contributed by atoms with Gasteiger partial charge in [0.25, 0.3) is 0 Å². The van der Waals surface area contributed by atoms with Crippen LogP contribution in [0.2, 0.25) is 0 Å². The van der Waals surface area contributed by atoms with Crippen molar-refractivity contribution in [3.8, 4) is 11.5 Å². The number of aromatic carboxylic acids is 1. The topological polar surface area (TPSA) is 117 Å². The monoisotopic (exact) mass is 171 g/mol. The number of phenolic OH excluding ortho intramolecular Hbond substituents is 1. The summed E-state index contributed by atoms with van der Waals surface area (Å²) in [5.74, 6) is -2.15. The maximum Gasteiger partial charge on any atom is 0.335 e. The molecule has 6 N–H and O–H groups in total. The van der Waals surface area contributed by atoms with Crippen LogP contribution < -0.4 is 11.3 Å². The molecule has 12 heavy (non-hydrogen) atoms. The molecular weight excluding hydrogens is 162 g/mol. The quantitative estimate of drug-likeness (QED) is 0.571. The summed E-state index contributed by atoms with van der Waals surface area (Å²) in [5, 5.41) is 27.9. The van der Waals surface area contributed by atoms with Gasteiger partial charge in [0.05, 0.1) is 5.56 Å². The molecule has 5 heteroatoms. The van der Waals surface area contributed by atoms with E-state index in [-0.39, 0.29) is 11.9 Å². The first-order valence-electron chi connectivity index (χ1n) is 2.84. The van der Waals surface area contributed by atoms with E-state index in [1.165, 1.54) is 0 Å². The molecule has 0 atom stereocenters. The Morgan fingerprint density at radius 3 is 2.42 bits per heavy atom. The third kappa shape index (κ3) is 1.86. The lowest BCUT2D eigenvalue weighted by Gasteiger charge is -2.08. The summed E-state index contributed by atoms with van der Waals surface area (Å²) in [5.41, 5.74) is -0.412. The van der Waals surface area contributed by atoms with Gasteiger partial charge in [-0.05, 0) is 12.1 Å². The van der Waals surface area contributed by atoms with Gasteiger partial charge in [0.2, 0.25) is 0 Å². The minimum atomic E-state index is -1.33. The highest BCUT2D eigenvalue weighted by molar-refractivity contribution is 5.90. The van der Waals surface area contributed by atoms with Gasteiger partial charge in [0.15, 0.2) is 0 Å². The Hall–Kier alpha value is -1.75. The van der Waals surface area contributed by atoms with E-state index in [1.807, 2.05) is 0 Å². The molecule has 0 amide bonds. The molecule has 0 aliphatic heterocycles. The SMILES string of the molecule is O=C(O)c1cc(O)ccc1[O-].[NH4+]. The van der Waals surface area contributed by atoms with Crippen LogP contribution in [-0.2, 0) is 0 Å². The predicted octanol–water partition coefficient (Wildman–Crippen LogP) is 0.540. The van der Waals surface area contributed by atoms with Crippen molar-refractivity contribution in [2.75, 3.05) is 0 Å². The van der Waals surface area contributed by atoms with Crippen LogP contribution in [0.15, 0.2) is 18.2 Å². The van der Waals surface area contributed by atoms with E-state index in [4.69, 9.17) is 10.2 Å². The molecule has 0 saturated carbocycles. The molecule has 0 spiro atoms. The zero-order chi connectivity index (χ0) is 8.43. The largest absolute Gasteiger partial charge is 0.872 e. The van der Waals surface area contributed by atoms with Crippen molar-refractivity contribution in [2.45, 2.75) is 0 Å². The highest BCUT2D eigenvalue weighted by atomic mass is 16.4. The summed E-state index contributed by atoms with van der Waals surface area (Å²) in [6.07, 6.45) is 0. The molecule has 0 fully saturated rings. The van der Waals surface area contributed by atoms with Crippen molar-refractivity contribution in [3.05, 3.63) is 23.8 Å². The van der Waals surface area contributed by atoms with Gasteiger partial charge in [-0.2, -0.15) is 0 Å². The van der Waals surface area contributed by atoms with E-state index in [9.17, 15) is 9.90 Å². The fourth-order valence-electron chi connectivity index (χ4n) is 0.685. The van der Waals surface area contributed by atoms with Crippen LogP contribution in [-0.4, -0.2) is 16.2 Å². The molecule has 0 aromatic heterocycles. The lowest BCUT2D eigenvalue weighted by atomic mass is 10.2. The standard InChI is InChI=1S/C7H6O4.H3N/c8-4-1-2-6(9)5(3-4)7(10)11;/h1-3,8-9H,(H,10,11);1H3. The Morgan fingerprint density at radius 1 is 1.42 bits per heavy atom.